The van der Waals surface area contributed by atoms with E-state index in [-0.39, 0.29) is 0 Å². The Hall–Kier alpha value is -2.77. The van der Waals surface area contributed by atoms with Gasteiger partial charge < -0.3 is 9.63 Å². The third kappa shape index (κ3) is 3.90. The van der Waals surface area contributed by atoms with Gasteiger partial charge in [-0.3, -0.25) is 4.68 Å². The minimum atomic E-state index is -0.963. The maximum absolute atomic E-state index is 10.9. The average molecular weight is 439 g/mol. The lowest BCUT2D eigenvalue weighted by Crippen LogP contribution is -2.03. The predicted octanol–water partition coefficient (Wildman–Crippen LogP) is 4.33. The Morgan fingerprint density at radius 2 is 1.86 bits per heavy atom. The van der Waals surface area contributed by atoms with E-state index in [1.165, 1.54) is 5.56 Å². The summed E-state index contributed by atoms with van der Waals surface area (Å²) in [5.74, 6) is 0.538. The van der Waals surface area contributed by atoms with E-state index in [0.29, 0.717) is 29.3 Å². The average Bonchev–Trinajstić information content (AvgIpc) is 3.34. The highest BCUT2D eigenvalue weighted by Gasteiger charge is 2.25. The van der Waals surface area contributed by atoms with Crippen molar-refractivity contribution < 1.29 is 9.63 Å². The Balaban J connectivity index is 1.55. The van der Waals surface area contributed by atoms with Crippen molar-refractivity contribution >= 4 is 15.9 Å². The van der Waals surface area contributed by atoms with E-state index >= 15 is 0 Å². The molecule has 2 heterocycles. The molecule has 28 heavy (non-hydrogen) atoms. The molecular formula is C21H19BrN4O2. The summed E-state index contributed by atoms with van der Waals surface area (Å²) in [6, 6.07) is 17.9. The molecule has 0 amide bonds. The van der Waals surface area contributed by atoms with Gasteiger partial charge in [-0.2, -0.15) is 0 Å². The number of nitrogens with zero attached hydrogens (tertiary/aromatic N) is 4. The van der Waals surface area contributed by atoms with Crippen molar-refractivity contribution in [3.63, 3.8) is 0 Å². The second kappa shape index (κ2) is 8.08. The summed E-state index contributed by atoms with van der Waals surface area (Å²) in [5, 5.41) is 23.3. The smallest absolute Gasteiger partial charge is 0.173 e. The van der Waals surface area contributed by atoms with Gasteiger partial charge in [0.15, 0.2) is 5.76 Å². The Morgan fingerprint density at radius 3 is 2.61 bits per heavy atom. The van der Waals surface area contributed by atoms with Gasteiger partial charge in [-0.15, -0.1) is 5.10 Å². The standard InChI is InChI=1S/C21H19BrN4O2/c1-14-19(21(28-24-14)16-7-9-17(22)10-8-16)20(27)18-13-26(25-23-18)12-11-15-5-3-2-4-6-15/h2-10,13,20,27H,11-12H2,1H3/t20-/m0/s1. The summed E-state index contributed by atoms with van der Waals surface area (Å²) in [7, 11) is 0. The molecule has 142 valence electrons. The maximum Gasteiger partial charge on any atom is 0.173 e. The van der Waals surface area contributed by atoms with Crippen molar-refractivity contribution in [3.05, 3.63) is 87.8 Å². The Bertz CT molecular complexity index is 1060. The van der Waals surface area contributed by atoms with E-state index in [4.69, 9.17) is 4.52 Å². The summed E-state index contributed by atoms with van der Waals surface area (Å²) in [5.41, 5.74) is 3.78. The van der Waals surface area contributed by atoms with Crippen molar-refractivity contribution in [2.24, 2.45) is 0 Å². The van der Waals surface area contributed by atoms with E-state index in [1.807, 2.05) is 49.4 Å². The zero-order valence-electron chi connectivity index (χ0n) is 15.3. The lowest BCUT2D eigenvalue weighted by molar-refractivity contribution is 0.214. The van der Waals surface area contributed by atoms with Gasteiger partial charge in [0.2, 0.25) is 0 Å². The van der Waals surface area contributed by atoms with Crippen LogP contribution in [-0.4, -0.2) is 25.3 Å². The van der Waals surface area contributed by atoms with Crippen LogP contribution >= 0.6 is 15.9 Å². The van der Waals surface area contributed by atoms with Gasteiger partial charge in [0.05, 0.1) is 17.5 Å². The molecule has 0 fully saturated rings. The monoisotopic (exact) mass is 438 g/mol. The molecule has 0 saturated carbocycles. The Kier molecular flexibility index (Phi) is 5.36. The molecule has 0 aliphatic carbocycles. The number of aliphatic hydroxyl groups is 1. The molecule has 0 radical (unpaired) electrons. The number of aryl methyl sites for hydroxylation is 3. The fourth-order valence-corrected chi connectivity index (χ4v) is 3.36. The van der Waals surface area contributed by atoms with Crippen LogP contribution < -0.4 is 0 Å². The van der Waals surface area contributed by atoms with E-state index in [0.717, 1.165) is 16.5 Å². The van der Waals surface area contributed by atoms with E-state index in [1.54, 1.807) is 10.9 Å². The topological polar surface area (TPSA) is 77.0 Å². The number of hydrogen-bond donors (Lipinski definition) is 1. The van der Waals surface area contributed by atoms with Crippen LogP contribution in [0.3, 0.4) is 0 Å². The third-order valence-corrected chi connectivity index (χ3v) is 5.13. The van der Waals surface area contributed by atoms with Gasteiger partial charge in [0, 0.05) is 16.6 Å². The quantitative estimate of drug-likeness (QED) is 0.484. The van der Waals surface area contributed by atoms with Gasteiger partial charge in [-0.1, -0.05) is 68.8 Å². The van der Waals surface area contributed by atoms with Crippen LogP contribution in [0.1, 0.15) is 28.6 Å². The summed E-state index contributed by atoms with van der Waals surface area (Å²) < 4.78 is 8.21. The molecule has 2 aromatic carbocycles. The molecule has 4 aromatic rings. The Morgan fingerprint density at radius 1 is 1.11 bits per heavy atom. The van der Waals surface area contributed by atoms with Crippen LogP contribution in [-0.2, 0) is 13.0 Å². The zero-order chi connectivity index (χ0) is 19.5. The minimum Gasteiger partial charge on any atom is -0.382 e. The molecule has 1 N–H and O–H groups in total. The van der Waals surface area contributed by atoms with Crippen molar-refractivity contribution in [1.29, 1.82) is 0 Å². The Labute approximate surface area is 170 Å². The molecule has 0 unspecified atom stereocenters. The molecule has 0 spiro atoms. The minimum absolute atomic E-state index is 0.470. The van der Waals surface area contributed by atoms with Gasteiger partial charge in [0.1, 0.15) is 11.8 Å². The van der Waals surface area contributed by atoms with Crippen molar-refractivity contribution in [1.82, 2.24) is 20.2 Å². The largest absolute Gasteiger partial charge is 0.382 e. The predicted molar refractivity (Wildman–Crippen MR) is 109 cm³/mol. The van der Waals surface area contributed by atoms with Crippen LogP contribution in [0.15, 0.2) is 69.8 Å². The SMILES string of the molecule is Cc1noc(-c2ccc(Br)cc2)c1[C@@H](O)c1cn(CCc2ccccc2)nn1. The summed E-state index contributed by atoms with van der Waals surface area (Å²) in [6.45, 7) is 2.50. The first-order valence-electron chi connectivity index (χ1n) is 8.96. The highest BCUT2D eigenvalue weighted by molar-refractivity contribution is 9.10. The summed E-state index contributed by atoms with van der Waals surface area (Å²) >= 11 is 3.43. The lowest BCUT2D eigenvalue weighted by Gasteiger charge is -2.08. The van der Waals surface area contributed by atoms with Gasteiger partial charge in [0.25, 0.3) is 0 Å². The summed E-state index contributed by atoms with van der Waals surface area (Å²) in [6.07, 6.45) is 1.65. The number of aliphatic hydroxyl groups excluding tert-OH is 1. The molecule has 0 aliphatic heterocycles. The first-order chi connectivity index (χ1) is 13.6. The van der Waals surface area contributed by atoms with Crippen molar-refractivity contribution in [3.8, 4) is 11.3 Å². The molecular weight excluding hydrogens is 420 g/mol. The van der Waals surface area contributed by atoms with E-state index < -0.39 is 6.10 Å². The van der Waals surface area contributed by atoms with Crippen LogP contribution in [0.2, 0.25) is 0 Å². The highest BCUT2D eigenvalue weighted by Crippen LogP contribution is 2.34. The van der Waals surface area contributed by atoms with Crippen LogP contribution in [0.5, 0.6) is 0 Å². The summed E-state index contributed by atoms with van der Waals surface area (Å²) in [4.78, 5) is 0. The molecule has 0 bridgehead atoms. The third-order valence-electron chi connectivity index (χ3n) is 4.60. The molecule has 6 nitrogen and oxygen atoms in total. The van der Waals surface area contributed by atoms with Gasteiger partial charge in [-0.25, -0.2) is 0 Å². The van der Waals surface area contributed by atoms with Crippen LogP contribution in [0.25, 0.3) is 11.3 Å². The van der Waals surface area contributed by atoms with Crippen LogP contribution in [0, 0.1) is 6.92 Å². The number of benzene rings is 2. The maximum atomic E-state index is 10.9. The second-order valence-corrected chi connectivity index (χ2v) is 7.48. The number of hydrogen-bond acceptors (Lipinski definition) is 5. The van der Waals surface area contributed by atoms with Gasteiger partial charge in [-0.05, 0) is 31.0 Å². The number of aromatic nitrogens is 4. The normalized spacial score (nSPS) is 12.2. The number of halogens is 1. The first-order valence-corrected chi connectivity index (χ1v) is 9.75. The van der Waals surface area contributed by atoms with Crippen molar-refractivity contribution in [2.75, 3.05) is 0 Å². The molecule has 2 aromatic heterocycles. The van der Waals surface area contributed by atoms with Crippen LogP contribution in [0.4, 0.5) is 0 Å². The fraction of sp³-hybridized carbons (Fsp3) is 0.190. The highest BCUT2D eigenvalue weighted by atomic mass is 79.9. The van der Waals surface area contributed by atoms with E-state index in [2.05, 4.69) is 43.5 Å². The lowest BCUT2D eigenvalue weighted by atomic mass is 10.0. The molecule has 4 rings (SSSR count). The zero-order valence-corrected chi connectivity index (χ0v) is 16.9. The fourth-order valence-electron chi connectivity index (χ4n) is 3.09. The second-order valence-electron chi connectivity index (χ2n) is 6.56. The molecule has 0 aliphatic rings. The van der Waals surface area contributed by atoms with E-state index in [9.17, 15) is 5.11 Å². The molecule has 0 saturated heterocycles. The first kappa shape index (κ1) is 18.6. The van der Waals surface area contributed by atoms with Gasteiger partial charge >= 0.3 is 0 Å². The van der Waals surface area contributed by atoms with Crippen molar-refractivity contribution in [2.45, 2.75) is 26.0 Å². The molecule has 1 atom stereocenters. The number of rotatable bonds is 6. The molecule has 7 heteroatoms.